The zero-order valence-electron chi connectivity index (χ0n) is 11.8. The number of hydrogen-bond acceptors (Lipinski definition) is 7. The first-order valence-corrected chi connectivity index (χ1v) is 8.33. The molecule has 1 rings (SSSR count). The zero-order valence-corrected chi connectivity index (χ0v) is 13.4. The molecule has 1 heterocycles. The van der Waals surface area contributed by atoms with Gasteiger partial charge in [0.15, 0.2) is 0 Å². The van der Waals surface area contributed by atoms with E-state index in [2.05, 4.69) is 9.46 Å². The highest BCUT2D eigenvalue weighted by Crippen LogP contribution is 2.27. The van der Waals surface area contributed by atoms with Crippen molar-refractivity contribution in [1.82, 2.24) is 4.72 Å². The van der Waals surface area contributed by atoms with Gasteiger partial charge in [0, 0.05) is 0 Å². The smallest absolute Gasteiger partial charge is 0.422 e. The third-order valence-corrected chi connectivity index (χ3v) is 4.29. The van der Waals surface area contributed by atoms with E-state index in [1.807, 2.05) is 0 Å². The van der Waals surface area contributed by atoms with Gasteiger partial charge in [-0.2, -0.15) is 8.42 Å². The molecule has 21 heavy (non-hydrogen) atoms. The average Bonchev–Trinajstić information content (AvgIpc) is 2.69. The van der Waals surface area contributed by atoms with E-state index in [9.17, 15) is 18.0 Å². The molecule has 118 valence electrons. The lowest BCUT2D eigenvalue weighted by Crippen LogP contribution is -2.35. The minimum atomic E-state index is -4.11. The van der Waals surface area contributed by atoms with Gasteiger partial charge in [0.1, 0.15) is 9.88 Å². The molecule has 0 bridgehead atoms. The van der Waals surface area contributed by atoms with E-state index in [0.717, 1.165) is 11.3 Å². The second-order valence-electron chi connectivity index (χ2n) is 3.77. The predicted octanol–water partition coefficient (Wildman–Crippen LogP) is 1.64. The molecule has 0 aromatic carbocycles. The fourth-order valence-electron chi connectivity index (χ4n) is 1.36. The van der Waals surface area contributed by atoms with Crippen molar-refractivity contribution in [2.45, 2.75) is 20.8 Å². The maximum Gasteiger partial charge on any atom is 0.422 e. The zero-order chi connectivity index (χ0) is 16.0. The molecule has 8 nitrogen and oxygen atoms in total. The highest BCUT2D eigenvalue weighted by molar-refractivity contribution is 7.91. The highest BCUT2D eigenvalue weighted by Gasteiger charge is 2.19. The number of hydrogen-bond donors (Lipinski definition) is 2. The van der Waals surface area contributed by atoms with Crippen LogP contribution in [-0.4, -0.2) is 33.7 Å². The summed E-state index contributed by atoms with van der Waals surface area (Å²) in [7, 11) is -4.11. The van der Waals surface area contributed by atoms with Crippen LogP contribution in [0.3, 0.4) is 0 Å². The Labute approximate surface area is 126 Å². The SMILES string of the molecule is CCOC(=O)NS(=O)(=O)Nc1cc(C)c(C(=O)OCC)s1. The van der Waals surface area contributed by atoms with E-state index in [1.54, 1.807) is 25.5 Å². The van der Waals surface area contributed by atoms with Gasteiger partial charge < -0.3 is 9.47 Å². The van der Waals surface area contributed by atoms with Crippen molar-refractivity contribution in [3.8, 4) is 0 Å². The Hall–Kier alpha value is -1.81. The van der Waals surface area contributed by atoms with Crippen molar-refractivity contribution in [3.63, 3.8) is 0 Å². The first kappa shape index (κ1) is 17.2. The molecule has 0 fully saturated rings. The van der Waals surface area contributed by atoms with Crippen LogP contribution in [0.25, 0.3) is 0 Å². The molecule has 0 spiro atoms. The van der Waals surface area contributed by atoms with Crippen LogP contribution in [-0.2, 0) is 19.7 Å². The van der Waals surface area contributed by atoms with E-state index < -0.39 is 22.3 Å². The van der Waals surface area contributed by atoms with Crippen LogP contribution < -0.4 is 9.44 Å². The number of ether oxygens (including phenoxy) is 2. The van der Waals surface area contributed by atoms with Crippen LogP contribution in [0, 0.1) is 6.92 Å². The molecule has 0 unspecified atom stereocenters. The van der Waals surface area contributed by atoms with Crippen LogP contribution in [0.2, 0.25) is 0 Å². The normalized spacial score (nSPS) is 10.8. The Balaban J connectivity index is 2.82. The Morgan fingerprint density at radius 3 is 2.43 bits per heavy atom. The summed E-state index contributed by atoms with van der Waals surface area (Å²) in [6, 6.07) is 1.47. The number of aryl methyl sites for hydroxylation is 1. The summed E-state index contributed by atoms with van der Waals surface area (Å²) < 4.78 is 36.5. The third kappa shape index (κ3) is 5.23. The predicted molar refractivity (Wildman–Crippen MR) is 77.7 cm³/mol. The van der Waals surface area contributed by atoms with Crippen LogP contribution in [0.5, 0.6) is 0 Å². The Kier molecular flexibility index (Phi) is 5.97. The average molecular weight is 336 g/mol. The number of carbonyl (C=O) groups is 2. The number of nitrogens with one attached hydrogen (secondary N) is 2. The Bertz CT molecular complexity index is 623. The Morgan fingerprint density at radius 2 is 1.86 bits per heavy atom. The molecule has 2 N–H and O–H groups in total. The lowest BCUT2D eigenvalue weighted by molar-refractivity contribution is 0.0531. The van der Waals surface area contributed by atoms with E-state index >= 15 is 0 Å². The molecule has 0 saturated heterocycles. The number of thiophene rings is 1. The standard InChI is InChI=1S/C11H16N2O6S2/c1-4-18-10(14)9-7(3)6-8(20-9)12-21(16,17)13-11(15)19-5-2/h6,12H,4-5H2,1-3H3,(H,13,15). The van der Waals surface area contributed by atoms with Gasteiger partial charge in [-0.25, -0.2) is 14.3 Å². The lowest BCUT2D eigenvalue weighted by Gasteiger charge is -2.07. The van der Waals surface area contributed by atoms with Crippen molar-refractivity contribution in [2.75, 3.05) is 17.9 Å². The first-order valence-electron chi connectivity index (χ1n) is 6.04. The van der Waals surface area contributed by atoms with Crippen LogP contribution in [0.1, 0.15) is 29.1 Å². The van der Waals surface area contributed by atoms with Crippen LogP contribution in [0.4, 0.5) is 9.80 Å². The van der Waals surface area contributed by atoms with E-state index in [4.69, 9.17) is 4.74 Å². The fourth-order valence-corrected chi connectivity index (χ4v) is 3.33. The molecular weight excluding hydrogens is 320 g/mol. The van der Waals surface area contributed by atoms with Gasteiger partial charge in [0.25, 0.3) is 0 Å². The molecule has 0 saturated carbocycles. The summed E-state index contributed by atoms with van der Waals surface area (Å²) in [5.41, 5.74) is 0.576. The highest BCUT2D eigenvalue weighted by atomic mass is 32.2. The second-order valence-corrected chi connectivity index (χ2v) is 6.24. The van der Waals surface area contributed by atoms with Gasteiger partial charge >= 0.3 is 22.3 Å². The topological polar surface area (TPSA) is 111 Å². The van der Waals surface area contributed by atoms with Crippen LogP contribution in [0.15, 0.2) is 6.07 Å². The minimum absolute atomic E-state index is 0.0481. The Morgan fingerprint density at radius 1 is 1.24 bits per heavy atom. The molecule has 0 aliphatic heterocycles. The van der Waals surface area contributed by atoms with Gasteiger partial charge in [-0.15, -0.1) is 11.3 Å². The summed E-state index contributed by atoms with van der Waals surface area (Å²) in [5.74, 6) is -0.524. The van der Waals surface area contributed by atoms with Crippen LogP contribution >= 0.6 is 11.3 Å². The van der Waals surface area contributed by atoms with Crippen molar-refractivity contribution in [3.05, 3.63) is 16.5 Å². The molecule has 0 radical (unpaired) electrons. The third-order valence-electron chi connectivity index (χ3n) is 2.11. The second kappa shape index (κ2) is 7.27. The van der Waals surface area contributed by atoms with Gasteiger partial charge in [0.2, 0.25) is 0 Å². The van der Waals surface area contributed by atoms with Crippen molar-refractivity contribution < 1.29 is 27.5 Å². The number of esters is 1. The molecule has 10 heteroatoms. The number of rotatable bonds is 6. The molecule has 0 atom stereocenters. The summed E-state index contributed by atoms with van der Waals surface area (Å²) in [6.45, 7) is 5.15. The summed E-state index contributed by atoms with van der Waals surface area (Å²) in [4.78, 5) is 23.0. The van der Waals surface area contributed by atoms with Gasteiger partial charge in [-0.05, 0) is 32.4 Å². The van der Waals surface area contributed by atoms with Gasteiger partial charge in [0.05, 0.1) is 13.2 Å². The molecule has 1 aromatic heterocycles. The van der Waals surface area contributed by atoms with Gasteiger partial charge in [-0.3, -0.25) is 4.72 Å². The quantitative estimate of drug-likeness (QED) is 0.764. The molecule has 0 aliphatic rings. The molecule has 1 aromatic rings. The molecule has 1 amide bonds. The number of carbonyl (C=O) groups excluding carboxylic acids is 2. The lowest BCUT2D eigenvalue weighted by atomic mass is 10.3. The maximum atomic E-state index is 11.7. The van der Waals surface area contributed by atoms with Crippen molar-refractivity contribution in [2.24, 2.45) is 0 Å². The van der Waals surface area contributed by atoms with Crippen molar-refractivity contribution >= 4 is 38.6 Å². The maximum absolute atomic E-state index is 11.7. The minimum Gasteiger partial charge on any atom is -0.462 e. The first-order chi connectivity index (χ1) is 9.79. The number of anilines is 1. The summed E-state index contributed by atoms with van der Waals surface area (Å²) >= 11 is 0.918. The summed E-state index contributed by atoms with van der Waals surface area (Å²) in [5, 5.41) is 0.187. The molecular formula is C11H16N2O6S2. The fraction of sp³-hybridized carbons (Fsp3) is 0.455. The van der Waals surface area contributed by atoms with E-state index in [0.29, 0.717) is 10.4 Å². The van der Waals surface area contributed by atoms with Gasteiger partial charge in [-0.1, -0.05) is 0 Å². The largest absolute Gasteiger partial charge is 0.462 e. The van der Waals surface area contributed by atoms with E-state index in [-0.39, 0.29) is 18.2 Å². The summed E-state index contributed by atoms with van der Waals surface area (Å²) in [6.07, 6.45) is -1.08. The number of amides is 1. The monoisotopic (exact) mass is 336 g/mol. The van der Waals surface area contributed by atoms with E-state index in [1.165, 1.54) is 6.07 Å². The van der Waals surface area contributed by atoms with Crippen molar-refractivity contribution in [1.29, 1.82) is 0 Å². The molecule has 0 aliphatic carbocycles.